The van der Waals surface area contributed by atoms with Crippen LogP contribution in [-0.4, -0.2) is 17.1 Å². The van der Waals surface area contributed by atoms with Crippen molar-refractivity contribution >= 4 is 0 Å². The molecule has 1 unspecified atom stereocenters. The third-order valence-corrected chi connectivity index (χ3v) is 4.10. The van der Waals surface area contributed by atoms with Gasteiger partial charge in [0, 0.05) is 18.7 Å². The van der Waals surface area contributed by atoms with E-state index in [1.165, 1.54) is 18.4 Å². The van der Waals surface area contributed by atoms with Crippen LogP contribution >= 0.6 is 0 Å². The zero-order valence-corrected chi connectivity index (χ0v) is 10.0. The topological polar surface area (TPSA) is 23.5 Å². The van der Waals surface area contributed by atoms with Gasteiger partial charge < -0.3 is 5.11 Å². The fraction of sp³-hybridized carbons (Fsp3) is 0.571. The maximum absolute atomic E-state index is 10.3. The Morgan fingerprint density at radius 3 is 2.75 bits per heavy atom. The number of nitrogens with zero attached hydrogens (tertiary/aromatic N) is 1. The van der Waals surface area contributed by atoms with E-state index >= 15 is 0 Å². The van der Waals surface area contributed by atoms with E-state index in [-0.39, 0.29) is 0 Å². The summed E-state index contributed by atoms with van der Waals surface area (Å²) >= 11 is 0. The lowest BCUT2D eigenvalue weighted by Gasteiger charge is -2.15. The van der Waals surface area contributed by atoms with Gasteiger partial charge in [-0.3, -0.25) is 4.90 Å². The second-order valence-electron chi connectivity index (χ2n) is 5.44. The Morgan fingerprint density at radius 2 is 2.06 bits per heavy atom. The first kappa shape index (κ1) is 10.2. The average Bonchev–Trinajstić information content (AvgIpc) is 3.01. The summed E-state index contributed by atoms with van der Waals surface area (Å²) < 4.78 is 0. The molecule has 1 fully saturated rings. The number of phenols is 1. The van der Waals surface area contributed by atoms with Crippen LogP contribution in [0.3, 0.4) is 0 Å². The van der Waals surface area contributed by atoms with Gasteiger partial charge in [-0.2, -0.15) is 0 Å². The molecule has 0 aromatic heterocycles. The quantitative estimate of drug-likeness (QED) is 0.823. The molecule has 1 aromatic carbocycles. The first-order valence-corrected chi connectivity index (χ1v) is 6.19. The van der Waals surface area contributed by atoms with Crippen molar-refractivity contribution in [1.82, 2.24) is 4.90 Å². The smallest absolute Gasteiger partial charge is 0.123 e. The molecule has 1 atom stereocenters. The summed E-state index contributed by atoms with van der Waals surface area (Å²) in [5.41, 5.74) is 3.62. The van der Waals surface area contributed by atoms with Crippen molar-refractivity contribution in [2.24, 2.45) is 5.92 Å². The van der Waals surface area contributed by atoms with Gasteiger partial charge in [0.25, 0.3) is 0 Å². The molecule has 1 N–H and O–H groups in total. The van der Waals surface area contributed by atoms with Crippen LogP contribution in [0.25, 0.3) is 0 Å². The average molecular weight is 217 g/mol. The highest BCUT2D eigenvalue weighted by atomic mass is 16.3. The largest absolute Gasteiger partial charge is 0.507 e. The maximum atomic E-state index is 10.3. The highest BCUT2D eigenvalue weighted by Crippen LogP contribution is 2.46. The Kier molecular flexibility index (Phi) is 2.21. The summed E-state index contributed by atoms with van der Waals surface area (Å²) in [7, 11) is 2.10. The summed E-state index contributed by atoms with van der Waals surface area (Å²) in [5, 5.41) is 10.3. The molecule has 2 nitrogen and oxygen atoms in total. The normalized spacial score (nSPS) is 22.1. The van der Waals surface area contributed by atoms with Crippen molar-refractivity contribution < 1.29 is 5.11 Å². The van der Waals surface area contributed by atoms with Crippen LogP contribution in [0.2, 0.25) is 0 Å². The molecule has 2 heteroatoms. The van der Waals surface area contributed by atoms with E-state index in [1.807, 2.05) is 0 Å². The van der Waals surface area contributed by atoms with Crippen LogP contribution < -0.4 is 0 Å². The molecule has 0 radical (unpaired) electrons. The number of fused-ring (bicyclic) bond motifs is 1. The lowest BCUT2D eigenvalue weighted by Crippen LogP contribution is -2.07. The van der Waals surface area contributed by atoms with E-state index in [1.54, 1.807) is 0 Å². The number of hydrogen-bond acceptors (Lipinski definition) is 2. The Bertz CT molecular complexity index is 423. The highest BCUT2D eigenvalue weighted by Gasteiger charge is 2.32. The van der Waals surface area contributed by atoms with Gasteiger partial charge in [0.15, 0.2) is 0 Å². The predicted molar refractivity (Wildman–Crippen MR) is 64.4 cm³/mol. The van der Waals surface area contributed by atoms with Crippen molar-refractivity contribution in [3.05, 3.63) is 28.8 Å². The molecule has 1 aromatic rings. The van der Waals surface area contributed by atoms with Crippen LogP contribution in [-0.2, 0) is 13.1 Å². The minimum atomic E-state index is 0.524. The molecule has 0 saturated heterocycles. The SMILES string of the molecule is CC(c1ccc2c(c1O)CN(C)C2)C1CC1. The zero-order valence-electron chi connectivity index (χ0n) is 10.0. The Hall–Kier alpha value is -1.02. The monoisotopic (exact) mass is 217 g/mol. The molecular weight excluding hydrogens is 198 g/mol. The standard InChI is InChI=1S/C14H19NO/c1-9(10-3-4-10)12-6-5-11-7-15(2)8-13(11)14(12)16/h5-6,9-10,16H,3-4,7-8H2,1-2H3. The van der Waals surface area contributed by atoms with Crippen molar-refractivity contribution in [3.8, 4) is 5.75 Å². The minimum absolute atomic E-state index is 0.524. The van der Waals surface area contributed by atoms with Gasteiger partial charge in [0.2, 0.25) is 0 Å². The Morgan fingerprint density at radius 1 is 1.31 bits per heavy atom. The summed E-state index contributed by atoms with van der Waals surface area (Å²) in [6, 6.07) is 4.34. The molecule has 1 heterocycles. The van der Waals surface area contributed by atoms with Gasteiger partial charge in [-0.1, -0.05) is 19.1 Å². The number of phenolic OH excluding ortho intramolecular Hbond substituents is 1. The van der Waals surface area contributed by atoms with E-state index in [2.05, 4.69) is 31.0 Å². The van der Waals surface area contributed by atoms with E-state index in [0.29, 0.717) is 11.7 Å². The van der Waals surface area contributed by atoms with Gasteiger partial charge >= 0.3 is 0 Å². The van der Waals surface area contributed by atoms with Crippen molar-refractivity contribution in [3.63, 3.8) is 0 Å². The molecule has 1 saturated carbocycles. The van der Waals surface area contributed by atoms with E-state index in [0.717, 1.165) is 30.1 Å². The Labute approximate surface area is 96.9 Å². The minimum Gasteiger partial charge on any atom is -0.507 e. The molecule has 0 amide bonds. The molecule has 0 spiro atoms. The van der Waals surface area contributed by atoms with Gasteiger partial charge in [-0.25, -0.2) is 0 Å². The molecular formula is C14H19NO. The fourth-order valence-electron chi connectivity index (χ4n) is 2.85. The van der Waals surface area contributed by atoms with E-state index in [4.69, 9.17) is 0 Å². The van der Waals surface area contributed by atoms with Crippen LogP contribution in [0.5, 0.6) is 5.75 Å². The third kappa shape index (κ3) is 1.52. The third-order valence-electron chi connectivity index (χ3n) is 4.10. The van der Waals surface area contributed by atoms with Crippen LogP contribution in [0.4, 0.5) is 0 Å². The van der Waals surface area contributed by atoms with Crippen molar-refractivity contribution in [2.45, 2.75) is 38.8 Å². The lowest BCUT2D eigenvalue weighted by molar-refractivity contribution is 0.348. The molecule has 16 heavy (non-hydrogen) atoms. The van der Waals surface area contributed by atoms with Gasteiger partial charge in [-0.05, 0) is 42.9 Å². The number of aromatic hydroxyl groups is 1. The molecule has 1 aliphatic heterocycles. The molecule has 86 valence electrons. The van der Waals surface area contributed by atoms with Gasteiger partial charge in [0.05, 0.1) is 0 Å². The van der Waals surface area contributed by atoms with Crippen LogP contribution in [0.1, 0.15) is 42.4 Å². The number of rotatable bonds is 2. The summed E-state index contributed by atoms with van der Waals surface area (Å²) in [6.45, 7) is 4.12. The number of benzene rings is 1. The molecule has 2 aliphatic rings. The molecule has 3 rings (SSSR count). The highest BCUT2D eigenvalue weighted by molar-refractivity contribution is 5.49. The van der Waals surface area contributed by atoms with Crippen molar-refractivity contribution in [1.29, 1.82) is 0 Å². The Balaban J connectivity index is 1.99. The summed E-state index contributed by atoms with van der Waals surface area (Å²) in [4.78, 5) is 2.25. The zero-order chi connectivity index (χ0) is 11.3. The van der Waals surface area contributed by atoms with E-state index in [9.17, 15) is 5.11 Å². The number of hydrogen-bond donors (Lipinski definition) is 1. The second-order valence-corrected chi connectivity index (χ2v) is 5.44. The van der Waals surface area contributed by atoms with Gasteiger partial charge in [0.1, 0.15) is 5.75 Å². The molecule has 1 aliphatic carbocycles. The van der Waals surface area contributed by atoms with E-state index < -0.39 is 0 Å². The second kappa shape index (κ2) is 3.49. The first-order chi connectivity index (χ1) is 7.66. The van der Waals surface area contributed by atoms with Gasteiger partial charge in [-0.15, -0.1) is 0 Å². The predicted octanol–water partition coefficient (Wildman–Crippen LogP) is 2.85. The first-order valence-electron chi connectivity index (χ1n) is 6.19. The van der Waals surface area contributed by atoms with Crippen LogP contribution in [0, 0.1) is 5.92 Å². The summed E-state index contributed by atoms with van der Waals surface area (Å²) in [6.07, 6.45) is 2.66. The van der Waals surface area contributed by atoms with Crippen LogP contribution in [0.15, 0.2) is 12.1 Å². The van der Waals surface area contributed by atoms with Crippen molar-refractivity contribution in [2.75, 3.05) is 7.05 Å². The summed E-state index contributed by atoms with van der Waals surface area (Å²) in [5.74, 6) is 1.90. The fourth-order valence-corrected chi connectivity index (χ4v) is 2.85. The maximum Gasteiger partial charge on any atom is 0.123 e. The lowest BCUT2D eigenvalue weighted by atomic mass is 9.92. The molecule has 0 bridgehead atoms.